The summed E-state index contributed by atoms with van der Waals surface area (Å²) in [6, 6.07) is 1.01. The average Bonchev–Trinajstić information content (AvgIpc) is 2.68. The van der Waals surface area contributed by atoms with Crippen LogP contribution in [-0.2, 0) is 19.1 Å². The zero-order valence-electron chi connectivity index (χ0n) is 13.0. The van der Waals surface area contributed by atoms with Crippen LogP contribution in [0.4, 0.5) is 22.0 Å². The molecule has 0 saturated carbocycles. The van der Waals surface area contributed by atoms with Crippen molar-refractivity contribution in [3.05, 3.63) is 29.1 Å². The molecule has 7 heteroatoms. The largest absolute Gasteiger partial charge is 0.417 e. The Kier molecular flexibility index (Phi) is 3.46. The lowest BCUT2D eigenvalue weighted by Gasteiger charge is -2.35. The second-order valence-electron chi connectivity index (χ2n) is 6.57. The minimum Gasteiger partial charge on any atom is -0.323 e. The number of fused-ring (bicyclic) bond motifs is 3. The van der Waals surface area contributed by atoms with E-state index in [2.05, 4.69) is 4.98 Å². The van der Waals surface area contributed by atoms with Gasteiger partial charge in [0.1, 0.15) is 5.65 Å². The number of nitrogens with zero attached hydrogens (tertiary/aromatic N) is 2. The van der Waals surface area contributed by atoms with E-state index in [4.69, 9.17) is 0 Å². The van der Waals surface area contributed by atoms with Gasteiger partial charge in [-0.3, -0.25) is 0 Å². The summed E-state index contributed by atoms with van der Waals surface area (Å²) in [7, 11) is 0. The molecule has 2 nitrogen and oxygen atoms in total. The third-order valence-corrected chi connectivity index (χ3v) is 4.74. The molecule has 2 aromatic rings. The molecule has 0 aliphatic carbocycles. The summed E-state index contributed by atoms with van der Waals surface area (Å²) in [5.74, 6) is -3.93. The van der Waals surface area contributed by atoms with Crippen LogP contribution in [0.5, 0.6) is 0 Å². The molecule has 0 amide bonds. The first kappa shape index (κ1) is 16.2. The van der Waals surface area contributed by atoms with E-state index in [0.29, 0.717) is 22.8 Å². The summed E-state index contributed by atoms with van der Waals surface area (Å²) in [6.45, 7) is 4.63. The van der Waals surface area contributed by atoms with Crippen molar-refractivity contribution < 1.29 is 22.0 Å². The van der Waals surface area contributed by atoms with Gasteiger partial charge in [0.15, 0.2) is 0 Å². The number of alkyl halides is 5. The molecule has 0 bridgehead atoms. The van der Waals surface area contributed by atoms with E-state index >= 15 is 0 Å². The summed E-state index contributed by atoms with van der Waals surface area (Å²) >= 11 is 0. The van der Waals surface area contributed by atoms with E-state index in [9.17, 15) is 22.0 Å². The molecule has 1 unspecified atom stereocenters. The van der Waals surface area contributed by atoms with Crippen LogP contribution in [0.2, 0.25) is 0 Å². The first-order valence-electron chi connectivity index (χ1n) is 7.45. The van der Waals surface area contributed by atoms with Crippen molar-refractivity contribution in [1.82, 2.24) is 9.55 Å². The second kappa shape index (κ2) is 4.92. The van der Waals surface area contributed by atoms with Gasteiger partial charge in [0, 0.05) is 23.2 Å². The van der Waals surface area contributed by atoms with Gasteiger partial charge in [0.2, 0.25) is 0 Å². The number of halogens is 5. The second-order valence-corrected chi connectivity index (χ2v) is 6.57. The van der Waals surface area contributed by atoms with Gasteiger partial charge in [-0.1, -0.05) is 13.8 Å². The van der Waals surface area contributed by atoms with Crippen LogP contribution in [0.1, 0.15) is 30.7 Å². The summed E-state index contributed by atoms with van der Waals surface area (Å²) in [4.78, 5) is 3.83. The maximum absolute atomic E-state index is 14.4. The maximum atomic E-state index is 14.4. The molecular formula is C16H17F5N2. The van der Waals surface area contributed by atoms with Gasteiger partial charge < -0.3 is 4.57 Å². The summed E-state index contributed by atoms with van der Waals surface area (Å²) in [5, 5.41) is 0.301. The molecule has 126 valence electrons. The molecule has 0 aromatic carbocycles. The number of pyridine rings is 1. The molecule has 0 saturated heterocycles. The minimum atomic E-state index is -4.50. The molecule has 0 radical (unpaired) electrons. The fourth-order valence-electron chi connectivity index (χ4n) is 3.43. The normalized spacial score (nSPS) is 21.0. The quantitative estimate of drug-likeness (QED) is 0.684. The highest BCUT2D eigenvalue weighted by Crippen LogP contribution is 2.43. The first-order chi connectivity index (χ1) is 10.5. The predicted molar refractivity (Wildman–Crippen MR) is 76.5 cm³/mol. The Bertz CT molecular complexity index is 758. The number of hydrogen-bond acceptors (Lipinski definition) is 1. The van der Waals surface area contributed by atoms with Crippen LogP contribution in [0.3, 0.4) is 0 Å². The fourth-order valence-corrected chi connectivity index (χ4v) is 3.43. The van der Waals surface area contributed by atoms with E-state index in [-0.39, 0.29) is 18.0 Å². The Balaban J connectivity index is 2.19. The number of rotatable bonds is 1. The van der Waals surface area contributed by atoms with Crippen LogP contribution < -0.4 is 0 Å². The van der Waals surface area contributed by atoms with Crippen LogP contribution in [0.15, 0.2) is 12.3 Å². The molecule has 1 aliphatic heterocycles. The Hall–Kier alpha value is -1.66. The highest BCUT2D eigenvalue weighted by atomic mass is 19.4. The van der Waals surface area contributed by atoms with E-state index < -0.39 is 30.1 Å². The topological polar surface area (TPSA) is 17.8 Å². The molecule has 0 N–H and O–H groups in total. The van der Waals surface area contributed by atoms with Crippen LogP contribution >= 0.6 is 0 Å². The monoisotopic (exact) mass is 332 g/mol. The molecular weight excluding hydrogens is 315 g/mol. The van der Waals surface area contributed by atoms with Gasteiger partial charge in [0.25, 0.3) is 5.92 Å². The molecule has 0 spiro atoms. The lowest BCUT2D eigenvalue weighted by molar-refractivity contribution is -0.137. The van der Waals surface area contributed by atoms with Crippen molar-refractivity contribution in [2.45, 2.75) is 45.8 Å². The van der Waals surface area contributed by atoms with E-state index in [1.54, 1.807) is 20.8 Å². The van der Waals surface area contributed by atoms with Crippen molar-refractivity contribution in [2.24, 2.45) is 11.8 Å². The smallest absolute Gasteiger partial charge is 0.323 e. The SMILES string of the molecule is Cc1c2n(c3ncc(C(F)(F)F)cc13)CC(F)(F)C(C(C)C)C2. The van der Waals surface area contributed by atoms with Crippen molar-refractivity contribution in [3.8, 4) is 0 Å². The third kappa shape index (κ3) is 2.50. The number of aryl methyl sites for hydroxylation is 1. The van der Waals surface area contributed by atoms with Crippen molar-refractivity contribution in [1.29, 1.82) is 0 Å². The van der Waals surface area contributed by atoms with Crippen LogP contribution in [0, 0.1) is 18.8 Å². The van der Waals surface area contributed by atoms with E-state index in [0.717, 1.165) is 6.07 Å². The summed E-state index contributed by atoms with van der Waals surface area (Å²) in [5.41, 5.74) is 0.617. The highest BCUT2D eigenvalue weighted by molar-refractivity contribution is 5.83. The van der Waals surface area contributed by atoms with E-state index in [1.165, 1.54) is 4.57 Å². The van der Waals surface area contributed by atoms with Gasteiger partial charge in [-0.15, -0.1) is 0 Å². The average molecular weight is 332 g/mol. The molecule has 2 aromatic heterocycles. The van der Waals surface area contributed by atoms with Crippen LogP contribution in [-0.4, -0.2) is 15.5 Å². The Morgan fingerprint density at radius 1 is 1.30 bits per heavy atom. The number of hydrogen-bond donors (Lipinski definition) is 0. The van der Waals surface area contributed by atoms with Gasteiger partial charge in [-0.05, 0) is 30.9 Å². The summed E-state index contributed by atoms with van der Waals surface area (Å²) in [6.07, 6.45) is -3.64. The Labute approximate surface area is 130 Å². The lowest BCUT2D eigenvalue weighted by Crippen LogP contribution is -2.42. The molecule has 1 aliphatic rings. The highest BCUT2D eigenvalue weighted by Gasteiger charge is 2.46. The molecule has 0 fully saturated rings. The zero-order chi connectivity index (χ0) is 17.2. The van der Waals surface area contributed by atoms with Crippen molar-refractivity contribution in [2.75, 3.05) is 0 Å². The van der Waals surface area contributed by atoms with Crippen LogP contribution in [0.25, 0.3) is 11.0 Å². The van der Waals surface area contributed by atoms with Crippen molar-refractivity contribution in [3.63, 3.8) is 0 Å². The standard InChI is InChI=1S/C16H17F5N2/c1-8(2)12-5-13-9(3)11-4-10(16(19,20)21)6-22-14(11)23(13)7-15(12,17)18/h4,6,8,12H,5,7H2,1-3H3. The Morgan fingerprint density at radius 2 is 1.96 bits per heavy atom. The molecule has 3 heterocycles. The van der Waals surface area contributed by atoms with Gasteiger partial charge in [-0.2, -0.15) is 13.2 Å². The van der Waals surface area contributed by atoms with Crippen molar-refractivity contribution >= 4 is 11.0 Å². The molecule has 1 atom stereocenters. The first-order valence-corrected chi connectivity index (χ1v) is 7.45. The summed E-state index contributed by atoms with van der Waals surface area (Å²) < 4.78 is 68.7. The maximum Gasteiger partial charge on any atom is 0.417 e. The van der Waals surface area contributed by atoms with Gasteiger partial charge in [-0.25, -0.2) is 13.8 Å². The van der Waals surface area contributed by atoms with Gasteiger partial charge >= 0.3 is 6.18 Å². The molecule has 23 heavy (non-hydrogen) atoms. The van der Waals surface area contributed by atoms with E-state index in [1.807, 2.05) is 0 Å². The fraction of sp³-hybridized carbons (Fsp3) is 0.562. The lowest BCUT2D eigenvalue weighted by atomic mass is 9.82. The Morgan fingerprint density at radius 3 is 2.52 bits per heavy atom. The third-order valence-electron chi connectivity index (χ3n) is 4.74. The number of aromatic nitrogens is 2. The molecule has 3 rings (SSSR count). The predicted octanol–water partition coefficient (Wildman–Crippen LogP) is 4.83. The van der Waals surface area contributed by atoms with Gasteiger partial charge in [0.05, 0.1) is 12.1 Å². The zero-order valence-corrected chi connectivity index (χ0v) is 13.0. The minimum absolute atomic E-state index is 0.147.